The van der Waals surface area contributed by atoms with Crippen molar-refractivity contribution in [3.63, 3.8) is 0 Å². The summed E-state index contributed by atoms with van der Waals surface area (Å²) in [4.78, 5) is 0.918. The van der Waals surface area contributed by atoms with Crippen LogP contribution >= 0.6 is 22.9 Å². The molecule has 0 saturated heterocycles. The smallest absolute Gasteiger partial charge is 0.0948 e. The van der Waals surface area contributed by atoms with Crippen molar-refractivity contribution < 1.29 is 5.11 Å². The van der Waals surface area contributed by atoms with E-state index in [2.05, 4.69) is 0 Å². The van der Waals surface area contributed by atoms with E-state index in [1.165, 1.54) is 11.3 Å². The highest BCUT2D eigenvalue weighted by Crippen LogP contribution is 2.35. The number of hydrogen-bond acceptors (Lipinski definition) is 2. The monoisotopic (exact) mass is 252 g/mol. The molecule has 84 valence electrons. The maximum atomic E-state index is 10.2. The minimum atomic E-state index is -0.486. The molecule has 0 fully saturated rings. The van der Waals surface area contributed by atoms with Crippen molar-refractivity contribution in [2.45, 2.75) is 18.9 Å². The van der Waals surface area contributed by atoms with E-state index in [9.17, 15) is 5.11 Å². The number of aliphatic hydroxyl groups excluding tert-OH is 1. The van der Waals surface area contributed by atoms with Gasteiger partial charge in [-0.3, -0.25) is 0 Å². The second-order valence-electron chi connectivity index (χ2n) is 3.79. The van der Waals surface area contributed by atoms with E-state index in [1.807, 2.05) is 49.4 Å². The molecular weight excluding hydrogens is 240 g/mol. The first-order valence-electron chi connectivity index (χ1n) is 5.16. The molecule has 1 nitrogen and oxygen atoms in total. The standard InChI is InChI=1S/C13H13ClOS/c1-9(10-5-3-2-4-6-10)13(15)11-7-8-12(14)16-11/h2-9,13,15H,1H3. The Morgan fingerprint density at radius 2 is 1.81 bits per heavy atom. The lowest BCUT2D eigenvalue weighted by Crippen LogP contribution is -2.05. The zero-order chi connectivity index (χ0) is 11.5. The maximum absolute atomic E-state index is 10.2. The van der Waals surface area contributed by atoms with Crippen LogP contribution in [-0.2, 0) is 0 Å². The van der Waals surface area contributed by atoms with Gasteiger partial charge in [0.05, 0.1) is 10.4 Å². The van der Waals surface area contributed by atoms with Crippen LogP contribution in [0.2, 0.25) is 4.34 Å². The van der Waals surface area contributed by atoms with Crippen LogP contribution in [0.1, 0.15) is 29.4 Å². The molecule has 2 rings (SSSR count). The Balaban J connectivity index is 2.19. The summed E-state index contributed by atoms with van der Waals surface area (Å²) in [5.41, 5.74) is 1.14. The summed E-state index contributed by atoms with van der Waals surface area (Å²) in [6, 6.07) is 13.7. The molecule has 0 spiro atoms. The van der Waals surface area contributed by atoms with Crippen LogP contribution in [0.5, 0.6) is 0 Å². The molecule has 0 saturated carbocycles. The third-order valence-corrected chi connectivity index (χ3v) is 3.99. The summed E-state index contributed by atoms with van der Waals surface area (Å²) in [5.74, 6) is 0.0796. The predicted molar refractivity (Wildman–Crippen MR) is 69.1 cm³/mol. The molecule has 1 aromatic heterocycles. The van der Waals surface area contributed by atoms with E-state index in [0.29, 0.717) is 4.34 Å². The van der Waals surface area contributed by atoms with Crippen molar-refractivity contribution in [1.82, 2.24) is 0 Å². The van der Waals surface area contributed by atoms with E-state index in [4.69, 9.17) is 11.6 Å². The van der Waals surface area contributed by atoms with Gasteiger partial charge in [0.2, 0.25) is 0 Å². The first-order valence-corrected chi connectivity index (χ1v) is 6.36. The van der Waals surface area contributed by atoms with E-state index >= 15 is 0 Å². The van der Waals surface area contributed by atoms with Crippen molar-refractivity contribution in [1.29, 1.82) is 0 Å². The van der Waals surface area contributed by atoms with Gasteiger partial charge in [-0.2, -0.15) is 0 Å². The molecule has 0 amide bonds. The van der Waals surface area contributed by atoms with Gasteiger partial charge < -0.3 is 5.11 Å². The minimum absolute atomic E-state index is 0.0796. The fraction of sp³-hybridized carbons (Fsp3) is 0.231. The number of aliphatic hydroxyl groups is 1. The third-order valence-electron chi connectivity index (χ3n) is 2.68. The molecule has 3 heteroatoms. The molecule has 0 radical (unpaired) electrons. The Morgan fingerprint density at radius 3 is 2.38 bits per heavy atom. The molecule has 1 heterocycles. The van der Waals surface area contributed by atoms with Gasteiger partial charge in [-0.1, -0.05) is 48.9 Å². The van der Waals surface area contributed by atoms with Gasteiger partial charge >= 0.3 is 0 Å². The van der Waals surface area contributed by atoms with Crippen LogP contribution in [0.4, 0.5) is 0 Å². The lowest BCUT2D eigenvalue weighted by Gasteiger charge is -2.17. The van der Waals surface area contributed by atoms with Crippen LogP contribution in [0.25, 0.3) is 0 Å². The van der Waals surface area contributed by atoms with Crippen LogP contribution in [0.15, 0.2) is 42.5 Å². The first kappa shape index (κ1) is 11.6. The average molecular weight is 253 g/mol. The molecule has 2 atom stereocenters. The van der Waals surface area contributed by atoms with Gasteiger partial charge in [-0.25, -0.2) is 0 Å². The van der Waals surface area contributed by atoms with Gasteiger partial charge in [0.15, 0.2) is 0 Å². The number of halogens is 1. The molecule has 2 unspecified atom stereocenters. The summed E-state index contributed by atoms with van der Waals surface area (Å²) in [6.07, 6.45) is -0.486. The lowest BCUT2D eigenvalue weighted by molar-refractivity contribution is 0.155. The van der Waals surface area contributed by atoms with Gasteiger partial charge in [0, 0.05) is 10.8 Å². The fourth-order valence-corrected chi connectivity index (χ4v) is 2.82. The number of rotatable bonds is 3. The van der Waals surface area contributed by atoms with Crippen molar-refractivity contribution >= 4 is 22.9 Å². The Morgan fingerprint density at radius 1 is 1.12 bits per heavy atom. The van der Waals surface area contributed by atoms with E-state index in [1.54, 1.807) is 0 Å². The summed E-state index contributed by atoms with van der Waals surface area (Å²) in [7, 11) is 0. The highest BCUT2D eigenvalue weighted by Gasteiger charge is 2.19. The van der Waals surface area contributed by atoms with Crippen LogP contribution in [0.3, 0.4) is 0 Å². The van der Waals surface area contributed by atoms with E-state index in [0.717, 1.165) is 10.4 Å². The first-order chi connectivity index (χ1) is 7.68. The highest BCUT2D eigenvalue weighted by molar-refractivity contribution is 7.16. The van der Waals surface area contributed by atoms with Crippen molar-refractivity contribution in [2.75, 3.05) is 0 Å². The van der Waals surface area contributed by atoms with Crippen LogP contribution in [-0.4, -0.2) is 5.11 Å². The largest absolute Gasteiger partial charge is 0.387 e. The molecular formula is C13H13ClOS. The quantitative estimate of drug-likeness (QED) is 0.866. The molecule has 1 N–H and O–H groups in total. The molecule has 16 heavy (non-hydrogen) atoms. The summed E-state index contributed by atoms with van der Waals surface area (Å²) in [5, 5.41) is 10.2. The molecule has 0 aliphatic rings. The van der Waals surface area contributed by atoms with E-state index < -0.39 is 6.10 Å². The highest BCUT2D eigenvalue weighted by atomic mass is 35.5. The van der Waals surface area contributed by atoms with Gasteiger partial charge in [-0.05, 0) is 17.7 Å². The van der Waals surface area contributed by atoms with Gasteiger partial charge in [0.1, 0.15) is 0 Å². The van der Waals surface area contributed by atoms with Gasteiger partial charge in [0.25, 0.3) is 0 Å². The van der Waals surface area contributed by atoms with Crippen LogP contribution < -0.4 is 0 Å². The lowest BCUT2D eigenvalue weighted by atomic mass is 9.95. The predicted octanol–water partition coefficient (Wildman–Crippen LogP) is 4.24. The summed E-state index contributed by atoms with van der Waals surface area (Å²) >= 11 is 7.30. The zero-order valence-corrected chi connectivity index (χ0v) is 10.5. The molecule has 0 bridgehead atoms. The molecule has 0 aliphatic heterocycles. The van der Waals surface area contributed by atoms with E-state index in [-0.39, 0.29) is 5.92 Å². The summed E-state index contributed by atoms with van der Waals surface area (Å²) < 4.78 is 0.717. The molecule has 2 aromatic rings. The average Bonchev–Trinajstić information content (AvgIpc) is 2.75. The Bertz CT molecular complexity index is 452. The minimum Gasteiger partial charge on any atom is -0.387 e. The summed E-state index contributed by atoms with van der Waals surface area (Å²) in [6.45, 7) is 2.02. The maximum Gasteiger partial charge on any atom is 0.0948 e. The third kappa shape index (κ3) is 2.46. The van der Waals surface area contributed by atoms with Gasteiger partial charge in [-0.15, -0.1) is 11.3 Å². The SMILES string of the molecule is CC(c1ccccc1)C(O)c1ccc(Cl)s1. The van der Waals surface area contributed by atoms with Crippen molar-refractivity contribution in [3.8, 4) is 0 Å². The number of hydrogen-bond donors (Lipinski definition) is 1. The molecule has 0 aliphatic carbocycles. The normalized spacial score (nSPS) is 14.7. The second kappa shape index (κ2) is 5.00. The van der Waals surface area contributed by atoms with Crippen molar-refractivity contribution in [3.05, 3.63) is 57.2 Å². The Labute approximate surface area is 104 Å². The van der Waals surface area contributed by atoms with Crippen molar-refractivity contribution in [2.24, 2.45) is 0 Å². The second-order valence-corrected chi connectivity index (χ2v) is 5.53. The molecule has 1 aromatic carbocycles. The van der Waals surface area contributed by atoms with Crippen LogP contribution in [0, 0.1) is 0 Å². The zero-order valence-electron chi connectivity index (χ0n) is 8.93. The number of thiophene rings is 1. The fourth-order valence-electron chi connectivity index (χ4n) is 1.67. The Hall–Kier alpha value is -0.830. The number of benzene rings is 1. The topological polar surface area (TPSA) is 20.2 Å². The Kier molecular flexibility index (Phi) is 3.64.